The molecule has 1 aromatic heterocycles. The molecule has 0 spiro atoms. The van der Waals surface area contributed by atoms with E-state index in [0.717, 1.165) is 18.8 Å². The van der Waals surface area contributed by atoms with Gasteiger partial charge in [-0.05, 0) is 37.1 Å². The molecule has 0 bridgehead atoms. The minimum atomic E-state index is 0.340. The van der Waals surface area contributed by atoms with Crippen molar-refractivity contribution in [2.24, 2.45) is 0 Å². The van der Waals surface area contributed by atoms with Crippen LogP contribution in [0.2, 0.25) is 5.28 Å². The van der Waals surface area contributed by atoms with Gasteiger partial charge in [-0.2, -0.15) is 0 Å². The van der Waals surface area contributed by atoms with E-state index in [1.165, 1.54) is 12.0 Å². The molecule has 13 heavy (non-hydrogen) atoms. The molecule has 0 saturated carbocycles. The minimum absolute atomic E-state index is 0.340. The van der Waals surface area contributed by atoms with Crippen molar-refractivity contribution in [2.75, 3.05) is 13.1 Å². The second-order valence-corrected chi connectivity index (χ2v) is 3.71. The molecule has 2 rings (SSSR count). The van der Waals surface area contributed by atoms with Gasteiger partial charge in [0, 0.05) is 24.4 Å². The third-order valence-electron chi connectivity index (χ3n) is 2.49. The fraction of sp³-hybridized carbons (Fsp3) is 0.556. The topological polar surface area (TPSA) is 37.8 Å². The summed E-state index contributed by atoms with van der Waals surface area (Å²) >= 11 is 5.69. The first-order valence-electron chi connectivity index (χ1n) is 4.47. The summed E-state index contributed by atoms with van der Waals surface area (Å²) in [6.07, 6.45) is 3.02. The molecule has 1 fully saturated rings. The molecular weight excluding hydrogens is 186 g/mol. The number of aromatic nitrogens is 2. The Hall–Kier alpha value is -0.670. The van der Waals surface area contributed by atoms with Gasteiger partial charge in [0.05, 0.1) is 0 Å². The molecule has 0 aliphatic carbocycles. The summed E-state index contributed by atoms with van der Waals surface area (Å²) in [7, 11) is 0. The highest BCUT2D eigenvalue weighted by Crippen LogP contribution is 2.24. The lowest BCUT2D eigenvalue weighted by Crippen LogP contribution is -2.09. The smallest absolute Gasteiger partial charge is 0.222 e. The lowest BCUT2D eigenvalue weighted by Gasteiger charge is -2.10. The quantitative estimate of drug-likeness (QED) is 0.694. The number of aryl methyl sites for hydroxylation is 1. The van der Waals surface area contributed by atoms with Gasteiger partial charge in [-0.25, -0.2) is 9.97 Å². The molecule has 1 atom stereocenters. The van der Waals surface area contributed by atoms with Crippen molar-refractivity contribution in [3.8, 4) is 0 Å². The van der Waals surface area contributed by atoms with Crippen LogP contribution in [0.4, 0.5) is 0 Å². The van der Waals surface area contributed by atoms with E-state index in [-0.39, 0.29) is 0 Å². The molecule has 70 valence electrons. The van der Waals surface area contributed by atoms with Crippen LogP contribution in [-0.4, -0.2) is 23.1 Å². The third kappa shape index (κ3) is 1.81. The molecular formula is C9H12ClN3. The normalized spacial score (nSPS) is 22.2. The Kier molecular flexibility index (Phi) is 2.47. The van der Waals surface area contributed by atoms with Gasteiger partial charge in [-0.3, -0.25) is 0 Å². The van der Waals surface area contributed by atoms with E-state index in [4.69, 9.17) is 11.6 Å². The second-order valence-electron chi connectivity index (χ2n) is 3.37. The Labute approximate surface area is 82.5 Å². The van der Waals surface area contributed by atoms with Gasteiger partial charge in [-0.1, -0.05) is 0 Å². The molecule has 4 heteroatoms. The van der Waals surface area contributed by atoms with Crippen molar-refractivity contribution in [1.82, 2.24) is 15.3 Å². The third-order valence-corrected chi connectivity index (χ3v) is 2.67. The summed E-state index contributed by atoms with van der Waals surface area (Å²) in [5.41, 5.74) is 2.24. The van der Waals surface area contributed by atoms with Gasteiger partial charge in [0.1, 0.15) is 0 Å². The lowest BCUT2D eigenvalue weighted by molar-refractivity contribution is 0.743. The maximum atomic E-state index is 5.69. The SMILES string of the molecule is Cc1nc(Cl)ncc1C1CCNC1. The van der Waals surface area contributed by atoms with Crippen molar-refractivity contribution in [3.63, 3.8) is 0 Å². The average Bonchev–Trinajstić information content (AvgIpc) is 2.56. The van der Waals surface area contributed by atoms with Gasteiger partial charge >= 0.3 is 0 Å². The number of hydrogen-bond donors (Lipinski definition) is 1. The van der Waals surface area contributed by atoms with E-state index in [9.17, 15) is 0 Å². The maximum absolute atomic E-state index is 5.69. The van der Waals surface area contributed by atoms with Crippen LogP contribution in [0.3, 0.4) is 0 Å². The zero-order valence-corrected chi connectivity index (χ0v) is 8.30. The summed E-state index contributed by atoms with van der Waals surface area (Å²) in [6.45, 7) is 4.11. The van der Waals surface area contributed by atoms with Crippen molar-refractivity contribution in [2.45, 2.75) is 19.3 Å². The van der Waals surface area contributed by atoms with Gasteiger partial charge in [-0.15, -0.1) is 0 Å². The predicted molar refractivity (Wildman–Crippen MR) is 52.0 cm³/mol. The van der Waals surface area contributed by atoms with Crippen molar-refractivity contribution < 1.29 is 0 Å². The molecule has 0 aromatic carbocycles. The zero-order chi connectivity index (χ0) is 9.26. The number of hydrogen-bond acceptors (Lipinski definition) is 3. The molecule has 1 saturated heterocycles. The highest BCUT2D eigenvalue weighted by molar-refractivity contribution is 6.28. The first-order valence-corrected chi connectivity index (χ1v) is 4.85. The van der Waals surface area contributed by atoms with Crippen LogP contribution in [0.25, 0.3) is 0 Å². The Morgan fingerprint density at radius 2 is 2.46 bits per heavy atom. The summed E-state index contributed by atoms with van der Waals surface area (Å²) in [5.74, 6) is 0.567. The Balaban J connectivity index is 2.29. The van der Waals surface area contributed by atoms with Gasteiger partial charge < -0.3 is 5.32 Å². The lowest BCUT2D eigenvalue weighted by atomic mass is 9.99. The molecule has 3 nitrogen and oxygen atoms in total. The van der Waals surface area contributed by atoms with Crippen LogP contribution in [0.5, 0.6) is 0 Å². The molecule has 2 heterocycles. The number of rotatable bonds is 1. The molecule has 0 radical (unpaired) electrons. The van der Waals surface area contributed by atoms with Crippen molar-refractivity contribution in [3.05, 3.63) is 22.7 Å². The maximum Gasteiger partial charge on any atom is 0.222 e. The van der Waals surface area contributed by atoms with Crippen LogP contribution in [0.1, 0.15) is 23.6 Å². The fourth-order valence-corrected chi connectivity index (χ4v) is 1.94. The van der Waals surface area contributed by atoms with Gasteiger partial charge in [0.25, 0.3) is 0 Å². The Morgan fingerprint density at radius 3 is 3.08 bits per heavy atom. The second kappa shape index (κ2) is 3.60. The molecule has 1 aromatic rings. The molecule has 1 aliphatic heterocycles. The first-order chi connectivity index (χ1) is 6.27. The number of nitrogens with one attached hydrogen (secondary N) is 1. The summed E-state index contributed by atoms with van der Waals surface area (Å²) < 4.78 is 0. The van der Waals surface area contributed by atoms with E-state index in [2.05, 4.69) is 15.3 Å². The predicted octanol–water partition coefficient (Wildman–Crippen LogP) is 1.52. The largest absolute Gasteiger partial charge is 0.316 e. The summed E-state index contributed by atoms with van der Waals surface area (Å²) in [4.78, 5) is 8.16. The van der Waals surface area contributed by atoms with E-state index in [1.54, 1.807) is 0 Å². The highest BCUT2D eigenvalue weighted by atomic mass is 35.5. The standard InChI is InChI=1S/C9H12ClN3/c1-6-8(5-12-9(10)13-6)7-2-3-11-4-7/h5,7,11H,2-4H2,1H3. The minimum Gasteiger partial charge on any atom is -0.316 e. The highest BCUT2D eigenvalue weighted by Gasteiger charge is 2.19. The fourth-order valence-electron chi connectivity index (χ4n) is 1.77. The number of nitrogens with zero attached hydrogens (tertiary/aromatic N) is 2. The Bertz CT molecular complexity index is 308. The van der Waals surface area contributed by atoms with Crippen LogP contribution in [-0.2, 0) is 0 Å². The monoisotopic (exact) mass is 197 g/mol. The van der Waals surface area contributed by atoms with Crippen LogP contribution in [0.15, 0.2) is 6.20 Å². The summed E-state index contributed by atoms with van der Waals surface area (Å²) in [5, 5.41) is 3.66. The van der Waals surface area contributed by atoms with Crippen LogP contribution < -0.4 is 5.32 Å². The first kappa shape index (κ1) is 8.91. The number of halogens is 1. The van der Waals surface area contributed by atoms with Crippen LogP contribution in [0, 0.1) is 6.92 Å². The van der Waals surface area contributed by atoms with Gasteiger partial charge in [0.2, 0.25) is 5.28 Å². The van der Waals surface area contributed by atoms with Crippen molar-refractivity contribution >= 4 is 11.6 Å². The molecule has 1 N–H and O–H groups in total. The molecule has 1 unspecified atom stereocenters. The van der Waals surface area contributed by atoms with Crippen molar-refractivity contribution in [1.29, 1.82) is 0 Å². The van der Waals surface area contributed by atoms with E-state index in [1.807, 2.05) is 13.1 Å². The summed E-state index contributed by atoms with van der Waals surface area (Å²) in [6, 6.07) is 0. The van der Waals surface area contributed by atoms with E-state index >= 15 is 0 Å². The zero-order valence-electron chi connectivity index (χ0n) is 7.55. The van der Waals surface area contributed by atoms with Crippen LogP contribution >= 0.6 is 11.6 Å². The average molecular weight is 198 g/mol. The van der Waals surface area contributed by atoms with Gasteiger partial charge in [0.15, 0.2) is 0 Å². The molecule has 1 aliphatic rings. The van der Waals surface area contributed by atoms with E-state index < -0.39 is 0 Å². The van der Waals surface area contributed by atoms with E-state index in [0.29, 0.717) is 11.2 Å². The Morgan fingerprint density at radius 1 is 1.62 bits per heavy atom. The molecule has 0 amide bonds.